The molecule has 0 amide bonds. The van der Waals surface area contributed by atoms with Gasteiger partial charge in [-0.1, -0.05) is 18.2 Å². The van der Waals surface area contributed by atoms with E-state index in [-0.39, 0.29) is 5.78 Å². The standard InChI is InChI=1S/C27H28N4O/c1-19-13-22(9-11-28-19)27-25-15-21(7-8-23(25)16-30-27)26(32)14-20-5-4-12-31(17-20)18-24-6-2-3-10-29-24/h2-3,6-11,13,15,20H,4-5,12,14,16-18H2,1H3/t20-/m0/s1. The second-order valence-electron chi connectivity index (χ2n) is 8.91. The molecule has 1 saturated heterocycles. The highest BCUT2D eigenvalue weighted by Crippen LogP contribution is 2.27. The maximum Gasteiger partial charge on any atom is 0.163 e. The minimum absolute atomic E-state index is 0.231. The summed E-state index contributed by atoms with van der Waals surface area (Å²) in [5, 5.41) is 0. The van der Waals surface area contributed by atoms with E-state index in [0.717, 1.165) is 66.3 Å². The summed E-state index contributed by atoms with van der Waals surface area (Å²) in [4.78, 5) is 29.1. The summed E-state index contributed by atoms with van der Waals surface area (Å²) < 4.78 is 0. The van der Waals surface area contributed by atoms with Crippen molar-refractivity contribution in [3.8, 4) is 0 Å². The first-order valence-electron chi connectivity index (χ1n) is 11.4. The highest BCUT2D eigenvalue weighted by atomic mass is 16.1. The van der Waals surface area contributed by atoms with E-state index >= 15 is 0 Å². The average molecular weight is 425 g/mol. The predicted octanol–water partition coefficient (Wildman–Crippen LogP) is 4.62. The third-order valence-electron chi connectivity index (χ3n) is 6.45. The van der Waals surface area contributed by atoms with Crippen molar-refractivity contribution in [2.75, 3.05) is 13.1 Å². The number of rotatable bonds is 6. The summed E-state index contributed by atoms with van der Waals surface area (Å²) in [5.41, 5.74) is 7.17. The molecule has 0 aliphatic carbocycles. The highest BCUT2D eigenvalue weighted by Gasteiger charge is 2.25. The number of benzene rings is 1. The number of likely N-dealkylation sites (tertiary alicyclic amines) is 1. The smallest absolute Gasteiger partial charge is 0.163 e. The zero-order valence-corrected chi connectivity index (χ0v) is 18.5. The highest BCUT2D eigenvalue weighted by molar-refractivity contribution is 6.16. The summed E-state index contributed by atoms with van der Waals surface area (Å²) in [7, 11) is 0. The SMILES string of the molecule is Cc1cc(C2=NCc3ccc(C(=O)C[C@@H]4CCCN(Cc5ccccn5)C4)cc32)ccn1. The van der Waals surface area contributed by atoms with Crippen LogP contribution in [0.4, 0.5) is 0 Å². The van der Waals surface area contributed by atoms with Gasteiger partial charge in [0.05, 0.1) is 18.0 Å². The monoisotopic (exact) mass is 424 g/mol. The van der Waals surface area contributed by atoms with Gasteiger partial charge in [-0.05, 0) is 68.1 Å². The van der Waals surface area contributed by atoms with E-state index in [9.17, 15) is 4.79 Å². The van der Waals surface area contributed by atoms with Crippen LogP contribution >= 0.6 is 0 Å². The van der Waals surface area contributed by atoms with E-state index in [2.05, 4.69) is 33.1 Å². The van der Waals surface area contributed by atoms with Gasteiger partial charge in [0, 0.05) is 54.3 Å². The molecule has 1 aromatic carbocycles. The number of aromatic nitrogens is 2. The van der Waals surface area contributed by atoms with E-state index < -0.39 is 0 Å². The topological polar surface area (TPSA) is 58.5 Å². The quantitative estimate of drug-likeness (QED) is 0.542. The zero-order valence-electron chi connectivity index (χ0n) is 18.5. The molecule has 1 atom stereocenters. The van der Waals surface area contributed by atoms with Crippen LogP contribution in [0.5, 0.6) is 0 Å². The zero-order chi connectivity index (χ0) is 21.9. The van der Waals surface area contributed by atoms with Crippen molar-refractivity contribution in [2.45, 2.75) is 39.3 Å². The molecular weight excluding hydrogens is 396 g/mol. The van der Waals surface area contributed by atoms with Crippen LogP contribution in [0.2, 0.25) is 0 Å². The van der Waals surface area contributed by atoms with Gasteiger partial charge in [-0.3, -0.25) is 24.7 Å². The Morgan fingerprint density at radius 2 is 2.03 bits per heavy atom. The number of hydrogen-bond donors (Lipinski definition) is 0. The first kappa shape index (κ1) is 20.7. The van der Waals surface area contributed by atoms with Crippen molar-refractivity contribution < 1.29 is 4.79 Å². The number of hydrogen-bond acceptors (Lipinski definition) is 5. The Bertz CT molecular complexity index is 1160. The second-order valence-corrected chi connectivity index (χ2v) is 8.91. The minimum atomic E-state index is 0.231. The van der Waals surface area contributed by atoms with E-state index in [1.165, 1.54) is 5.56 Å². The molecule has 0 radical (unpaired) electrons. The Kier molecular flexibility index (Phi) is 5.91. The third kappa shape index (κ3) is 4.53. The van der Waals surface area contributed by atoms with Crippen molar-refractivity contribution in [1.29, 1.82) is 0 Å². The molecule has 2 aliphatic rings. The van der Waals surface area contributed by atoms with Crippen LogP contribution in [0, 0.1) is 12.8 Å². The van der Waals surface area contributed by atoms with Gasteiger partial charge in [-0.25, -0.2) is 0 Å². The van der Waals surface area contributed by atoms with E-state index in [1.807, 2.05) is 49.6 Å². The number of aryl methyl sites for hydroxylation is 1. The van der Waals surface area contributed by atoms with Crippen molar-refractivity contribution in [3.05, 3.63) is 94.6 Å². The van der Waals surface area contributed by atoms with Crippen molar-refractivity contribution in [3.63, 3.8) is 0 Å². The number of piperidine rings is 1. The summed E-state index contributed by atoms with van der Waals surface area (Å²) in [6.45, 7) is 5.55. The van der Waals surface area contributed by atoms with Gasteiger partial charge >= 0.3 is 0 Å². The van der Waals surface area contributed by atoms with Crippen molar-refractivity contribution in [1.82, 2.24) is 14.9 Å². The first-order valence-corrected chi connectivity index (χ1v) is 11.4. The Morgan fingerprint density at radius 1 is 1.09 bits per heavy atom. The molecule has 0 N–H and O–H groups in total. The Morgan fingerprint density at radius 3 is 2.88 bits per heavy atom. The molecule has 32 heavy (non-hydrogen) atoms. The Hall–Kier alpha value is -3.18. The van der Waals surface area contributed by atoms with Crippen LogP contribution in [-0.2, 0) is 13.1 Å². The van der Waals surface area contributed by atoms with Gasteiger partial charge in [-0.2, -0.15) is 0 Å². The molecular formula is C27H28N4O. The number of nitrogens with zero attached hydrogens (tertiary/aromatic N) is 4. The van der Waals surface area contributed by atoms with Crippen molar-refractivity contribution >= 4 is 11.5 Å². The fraction of sp³-hybridized carbons (Fsp3) is 0.333. The van der Waals surface area contributed by atoms with E-state index in [4.69, 9.17) is 4.99 Å². The lowest BCUT2D eigenvalue weighted by molar-refractivity contribution is 0.0912. The Balaban J connectivity index is 1.27. The number of aliphatic imine (C=N–C) groups is 1. The summed E-state index contributed by atoms with van der Waals surface area (Å²) >= 11 is 0. The number of carbonyl (C=O) groups excluding carboxylic acids is 1. The van der Waals surface area contributed by atoms with Crippen molar-refractivity contribution in [2.24, 2.45) is 10.9 Å². The molecule has 3 aromatic rings. The molecule has 0 bridgehead atoms. The average Bonchev–Trinajstić information content (AvgIpc) is 3.23. The van der Waals surface area contributed by atoms with Crippen LogP contribution < -0.4 is 0 Å². The molecule has 0 spiro atoms. The fourth-order valence-corrected chi connectivity index (χ4v) is 4.86. The molecule has 4 heterocycles. The van der Waals surface area contributed by atoms with Gasteiger partial charge in [0.15, 0.2) is 5.78 Å². The number of carbonyl (C=O) groups is 1. The molecule has 0 unspecified atom stereocenters. The molecule has 0 saturated carbocycles. The predicted molar refractivity (Wildman–Crippen MR) is 126 cm³/mol. The number of Topliss-reactive ketones (excluding diaryl/α,β-unsaturated/α-hetero) is 1. The van der Waals surface area contributed by atoms with Crippen LogP contribution in [0.1, 0.15) is 57.7 Å². The number of pyridine rings is 2. The minimum Gasteiger partial charge on any atom is -0.297 e. The maximum absolute atomic E-state index is 13.2. The molecule has 5 nitrogen and oxygen atoms in total. The Labute approximate surface area is 189 Å². The largest absolute Gasteiger partial charge is 0.297 e. The lowest BCUT2D eigenvalue weighted by atomic mass is 9.89. The van der Waals surface area contributed by atoms with Crippen LogP contribution in [-0.4, -0.2) is 39.5 Å². The normalized spacial score (nSPS) is 18.3. The van der Waals surface area contributed by atoms with Gasteiger partial charge in [0.25, 0.3) is 0 Å². The van der Waals surface area contributed by atoms with E-state index in [1.54, 1.807) is 0 Å². The second kappa shape index (κ2) is 9.13. The fourth-order valence-electron chi connectivity index (χ4n) is 4.86. The van der Waals surface area contributed by atoms with Crippen LogP contribution in [0.25, 0.3) is 0 Å². The van der Waals surface area contributed by atoms with Gasteiger partial charge in [-0.15, -0.1) is 0 Å². The van der Waals surface area contributed by atoms with Gasteiger partial charge in [0.1, 0.15) is 0 Å². The molecule has 162 valence electrons. The first-order chi connectivity index (χ1) is 15.7. The molecule has 2 aliphatic heterocycles. The van der Waals surface area contributed by atoms with Crippen LogP contribution in [0.3, 0.4) is 0 Å². The van der Waals surface area contributed by atoms with E-state index in [0.29, 0.717) is 18.9 Å². The number of fused-ring (bicyclic) bond motifs is 1. The number of ketones is 1. The molecule has 1 fully saturated rings. The molecule has 5 heteroatoms. The lowest BCUT2D eigenvalue weighted by Gasteiger charge is -2.32. The molecule has 2 aromatic heterocycles. The summed E-state index contributed by atoms with van der Waals surface area (Å²) in [5.74, 6) is 0.624. The van der Waals surface area contributed by atoms with Gasteiger partial charge < -0.3 is 0 Å². The lowest BCUT2D eigenvalue weighted by Crippen LogP contribution is -2.36. The summed E-state index contributed by atoms with van der Waals surface area (Å²) in [6.07, 6.45) is 6.50. The third-order valence-corrected chi connectivity index (χ3v) is 6.45. The molecule has 5 rings (SSSR count). The van der Waals surface area contributed by atoms with Crippen LogP contribution in [0.15, 0.2) is 65.9 Å². The van der Waals surface area contributed by atoms with Gasteiger partial charge in [0.2, 0.25) is 0 Å². The summed E-state index contributed by atoms with van der Waals surface area (Å²) in [6, 6.07) is 16.2. The maximum atomic E-state index is 13.2.